The van der Waals surface area contributed by atoms with E-state index < -0.39 is 0 Å². The van der Waals surface area contributed by atoms with Gasteiger partial charge >= 0.3 is 0 Å². The van der Waals surface area contributed by atoms with Crippen LogP contribution in [0.2, 0.25) is 0 Å². The summed E-state index contributed by atoms with van der Waals surface area (Å²) in [5, 5.41) is 4.89. The molecule has 3 heterocycles. The van der Waals surface area contributed by atoms with Crippen molar-refractivity contribution in [3.8, 4) is 0 Å². The molecule has 33 heavy (non-hydrogen) atoms. The number of para-hydroxylation sites is 1. The van der Waals surface area contributed by atoms with Crippen molar-refractivity contribution in [1.82, 2.24) is 25.1 Å². The number of benzene rings is 1. The van der Waals surface area contributed by atoms with Crippen molar-refractivity contribution < 1.29 is 14.3 Å². The Morgan fingerprint density at radius 1 is 1.15 bits per heavy atom. The minimum Gasteiger partial charge on any atom is -0.379 e. The molecule has 4 rings (SSSR count). The van der Waals surface area contributed by atoms with Crippen molar-refractivity contribution >= 4 is 28.6 Å². The number of carbonyl (C=O) groups excluding carboxylic acids is 1. The topological polar surface area (TPSA) is 79.8 Å². The van der Waals surface area contributed by atoms with Crippen molar-refractivity contribution in [2.45, 2.75) is 31.5 Å². The molecule has 1 N–H and O–H groups in total. The van der Waals surface area contributed by atoms with E-state index in [0.29, 0.717) is 24.8 Å². The van der Waals surface area contributed by atoms with E-state index in [0.717, 1.165) is 74.3 Å². The fourth-order valence-electron chi connectivity index (χ4n) is 4.23. The summed E-state index contributed by atoms with van der Waals surface area (Å²) in [5.41, 5.74) is 0.916. The molecule has 1 amide bonds. The molecule has 2 aromatic rings. The molecule has 8 nitrogen and oxygen atoms in total. The van der Waals surface area contributed by atoms with Gasteiger partial charge in [-0.25, -0.2) is 9.97 Å². The Bertz CT molecular complexity index is 922. The van der Waals surface area contributed by atoms with Gasteiger partial charge in [-0.05, 0) is 12.0 Å². The molecular weight excluding hydrogens is 438 g/mol. The molecule has 1 aromatic heterocycles. The fourth-order valence-corrected chi connectivity index (χ4v) is 5.10. The van der Waals surface area contributed by atoms with E-state index in [2.05, 4.69) is 29.0 Å². The van der Waals surface area contributed by atoms with E-state index in [4.69, 9.17) is 19.4 Å². The van der Waals surface area contributed by atoms with Crippen molar-refractivity contribution in [3.05, 3.63) is 30.1 Å². The molecule has 2 aliphatic heterocycles. The van der Waals surface area contributed by atoms with E-state index in [1.165, 1.54) is 11.8 Å². The van der Waals surface area contributed by atoms with Crippen LogP contribution in [-0.4, -0.2) is 96.6 Å². The number of amides is 1. The monoisotopic (exact) mass is 473 g/mol. The molecule has 180 valence electrons. The van der Waals surface area contributed by atoms with Crippen molar-refractivity contribution in [1.29, 1.82) is 0 Å². The average molecular weight is 474 g/mol. The number of morpholine rings is 2. The minimum absolute atomic E-state index is 0.00186. The molecule has 1 atom stereocenters. The molecule has 0 saturated carbocycles. The summed E-state index contributed by atoms with van der Waals surface area (Å²) in [5.74, 6) is 1.74. The van der Waals surface area contributed by atoms with Crippen molar-refractivity contribution in [3.63, 3.8) is 0 Å². The lowest BCUT2D eigenvalue weighted by Crippen LogP contribution is -2.48. The Kier molecular flexibility index (Phi) is 8.91. The molecule has 0 spiro atoms. The Morgan fingerprint density at radius 2 is 1.94 bits per heavy atom. The molecule has 1 aromatic carbocycles. The molecular formula is C24H35N5O3S. The number of rotatable bonds is 9. The van der Waals surface area contributed by atoms with E-state index in [-0.39, 0.29) is 12.0 Å². The fraction of sp³-hybridized carbons (Fsp3) is 0.625. The van der Waals surface area contributed by atoms with E-state index in [1.54, 1.807) is 0 Å². The second-order valence-corrected chi connectivity index (χ2v) is 10.1. The first-order valence-corrected chi connectivity index (χ1v) is 12.8. The van der Waals surface area contributed by atoms with E-state index in [1.807, 2.05) is 24.3 Å². The van der Waals surface area contributed by atoms with Crippen LogP contribution < -0.4 is 5.32 Å². The number of nitrogens with one attached hydrogen (secondary N) is 1. The van der Waals surface area contributed by atoms with Crippen LogP contribution in [0.15, 0.2) is 29.3 Å². The highest BCUT2D eigenvalue weighted by Gasteiger charge is 2.21. The van der Waals surface area contributed by atoms with E-state index in [9.17, 15) is 4.79 Å². The zero-order valence-corrected chi connectivity index (χ0v) is 20.5. The number of hydrogen-bond donors (Lipinski definition) is 1. The molecule has 0 radical (unpaired) electrons. The van der Waals surface area contributed by atoms with Crippen LogP contribution in [0.3, 0.4) is 0 Å². The lowest BCUT2D eigenvalue weighted by Gasteiger charge is -2.33. The van der Waals surface area contributed by atoms with Crippen LogP contribution in [0, 0.1) is 5.92 Å². The second-order valence-electron chi connectivity index (χ2n) is 9.09. The third-order valence-corrected chi connectivity index (χ3v) is 6.79. The van der Waals surface area contributed by atoms with Gasteiger partial charge in [-0.1, -0.05) is 43.8 Å². The van der Waals surface area contributed by atoms with Crippen LogP contribution in [-0.2, 0) is 20.8 Å². The highest BCUT2D eigenvalue weighted by atomic mass is 32.2. The molecule has 0 aliphatic carbocycles. The highest BCUT2D eigenvalue weighted by Crippen LogP contribution is 2.25. The summed E-state index contributed by atoms with van der Waals surface area (Å²) in [6, 6.07) is 8.00. The van der Waals surface area contributed by atoms with Crippen LogP contribution >= 0.6 is 11.8 Å². The van der Waals surface area contributed by atoms with Gasteiger partial charge in [0.05, 0.1) is 43.7 Å². The summed E-state index contributed by atoms with van der Waals surface area (Å²) in [6.07, 6.45) is 0.0476. The number of aromatic nitrogens is 2. The number of hydrogen-bond acceptors (Lipinski definition) is 8. The largest absolute Gasteiger partial charge is 0.379 e. The number of carbonyl (C=O) groups is 1. The molecule has 2 fully saturated rings. The first-order valence-electron chi connectivity index (χ1n) is 11.9. The number of fused-ring (bicyclic) bond motifs is 1. The SMILES string of the molecule is CC(C)CN1CCOC(CNC(=O)CSc2nc(CN3CCOCC3)nc3ccccc23)C1. The normalized spacial score (nSPS) is 20.4. The Morgan fingerprint density at radius 3 is 2.76 bits per heavy atom. The molecule has 1 unspecified atom stereocenters. The standard InChI is InChI=1S/C24H35N5O3S/c1-18(2)14-29-9-12-32-19(15-29)13-25-23(30)17-33-24-20-5-3-4-6-21(20)26-22(27-24)16-28-7-10-31-11-8-28/h3-6,18-19H,7-17H2,1-2H3,(H,25,30). The van der Waals surface area contributed by atoms with Gasteiger partial charge in [0.2, 0.25) is 5.91 Å². The molecule has 2 aliphatic rings. The maximum absolute atomic E-state index is 12.6. The second kappa shape index (κ2) is 12.1. The van der Waals surface area contributed by atoms with Gasteiger partial charge < -0.3 is 14.8 Å². The number of thioether (sulfide) groups is 1. The third-order valence-electron chi connectivity index (χ3n) is 5.80. The summed E-state index contributed by atoms with van der Waals surface area (Å²) in [4.78, 5) is 26.9. The van der Waals surface area contributed by atoms with Gasteiger partial charge in [0.1, 0.15) is 10.9 Å². The summed E-state index contributed by atoms with van der Waals surface area (Å²) >= 11 is 1.47. The first-order chi connectivity index (χ1) is 16.1. The molecule has 2 saturated heterocycles. The predicted molar refractivity (Wildman–Crippen MR) is 130 cm³/mol. The van der Waals surface area contributed by atoms with Gasteiger partial charge in [0, 0.05) is 44.7 Å². The van der Waals surface area contributed by atoms with Gasteiger partial charge in [0.15, 0.2) is 0 Å². The highest BCUT2D eigenvalue weighted by molar-refractivity contribution is 8.00. The van der Waals surface area contributed by atoms with Gasteiger partial charge in [-0.2, -0.15) is 0 Å². The van der Waals surface area contributed by atoms with Crippen LogP contribution in [0.25, 0.3) is 10.9 Å². The van der Waals surface area contributed by atoms with E-state index >= 15 is 0 Å². The third kappa shape index (κ3) is 7.35. The Labute approximate surface area is 200 Å². The first kappa shape index (κ1) is 24.3. The lowest BCUT2D eigenvalue weighted by atomic mass is 10.2. The lowest BCUT2D eigenvalue weighted by molar-refractivity contribution is -0.119. The summed E-state index contributed by atoms with van der Waals surface area (Å²) < 4.78 is 11.3. The predicted octanol–water partition coefficient (Wildman–Crippen LogP) is 2.03. The van der Waals surface area contributed by atoms with Gasteiger partial charge in [-0.15, -0.1) is 0 Å². The smallest absolute Gasteiger partial charge is 0.230 e. The van der Waals surface area contributed by atoms with Gasteiger partial charge in [-0.3, -0.25) is 14.6 Å². The zero-order chi connectivity index (χ0) is 23.0. The molecule has 9 heteroatoms. The van der Waals surface area contributed by atoms with Crippen molar-refractivity contribution in [2.24, 2.45) is 5.92 Å². The van der Waals surface area contributed by atoms with Crippen LogP contribution in [0.1, 0.15) is 19.7 Å². The maximum Gasteiger partial charge on any atom is 0.230 e. The van der Waals surface area contributed by atoms with Gasteiger partial charge in [0.25, 0.3) is 0 Å². The van der Waals surface area contributed by atoms with Crippen LogP contribution in [0.5, 0.6) is 0 Å². The molecule has 0 bridgehead atoms. The quantitative estimate of drug-likeness (QED) is 0.438. The van der Waals surface area contributed by atoms with Crippen molar-refractivity contribution in [2.75, 3.05) is 64.8 Å². The number of ether oxygens (including phenoxy) is 2. The van der Waals surface area contributed by atoms with Crippen LogP contribution in [0.4, 0.5) is 0 Å². The Balaban J connectivity index is 1.32. The summed E-state index contributed by atoms with van der Waals surface area (Å²) in [6.45, 7) is 12.6. The zero-order valence-electron chi connectivity index (χ0n) is 19.7. The minimum atomic E-state index is 0.00186. The number of nitrogens with zero attached hydrogens (tertiary/aromatic N) is 4. The summed E-state index contributed by atoms with van der Waals surface area (Å²) in [7, 11) is 0. The average Bonchev–Trinajstić information content (AvgIpc) is 2.81. The Hall–Kier alpha value is -1.78. The maximum atomic E-state index is 12.6.